The average molecular weight is 307 g/mol. The molecule has 2 rings (SSSR count). The first-order valence-corrected chi connectivity index (χ1v) is 6.78. The van der Waals surface area contributed by atoms with E-state index < -0.39 is 24.0 Å². The monoisotopic (exact) mass is 307 g/mol. The Labute approximate surface area is 127 Å². The Morgan fingerprint density at radius 3 is 2.55 bits per heavy atom. The smallest absolute Gasteiger partial charge is 0.355 e. The van der Waals surface area contributed by atoms with Crippen molar-refractivity contribution in [2.45, 2.75) is 20.0 Å². The Morgan fingerprint density at radius 1 is 1.36 bits per heavy atom. The molecule has 22 heavy (non-hydrogen) atoms. The summed E-state index contributed by atoms with van der Waals surface area (Å²) >= 11 is 0. The Bertz CT molecular complexity index is 649. The molecule has 0 unspecified atom stereocenters. The molecule has 1 N–H and O–H groups in total. The van der Waals surface area contributed by atoms with Gasteiger partial charge in [0, 0.05) is 31.9 Å². The number of aromatic nitrogens is 1. The normalized spacial score (nSPS) is 15.4. The first kappa shape index (κ1) is 15.7. The topological polar surface area (TPSA) is 97.7 Å². The zero-order chi connectivity index (χ0) is 16.4. The lowest BCUT2D eigenvalue weighted by Gasteiger charge is -2.18. The largest absolute Gasteiger partial charge is 0.448 e. The van der Waals surface area contributed by atoms with Crippen LogP contribution < -0.4 is 5.32 Å². The summed E-state index contributed by atoms with van der Waals surface area (Å²) in [4.78, 5) is 47.9. The molecular weight excluding hydrogens is 290 g/mol. The van der Waals surface area contributed by atoms with Crippen molar-refractivity contribution in [2.24, 2.45) is 7.05 Å². The second kappa shape index (κ2) is 6.00. The zero-order valence-corrected chi connectivity index (χ0v) is 12.6. The second-order valence-electron chi connectivity index (χ2n) is 5.05. The van der Waals surface area contributed by atoms with Crippen LogP contribution in [-0.4, -0.2) is 52.4 Å². The number of nitrogens with zero attached hydrogens (tertiary/aromatic N) is 2. The van der Waals surface area contributed by atoms with Crippen LogP contribution in [0.5, 0.6) is 0 Å². The van der Waals surface area contributed by atoms with Gasteiger partial charge in [0.15, 0.2) is 11.9 Å². The van der Waals surface area contributed by atoms with Crippen molar-refractivity contribution in [1.82, 2.24) is 14.8 Å². The maximum atomic E-state index is 12.1. The highest BCUT2D eigenvalue weighted by Crippen LogP contribution is 2.12. The molecule has 0 aromatic carbocycles. The molecule has 1 aliphatic heterocycles. The van der Waals surface area contributed by atoms with E-state index in [9.17, 15) is 19.2 Å². The summed E-state index contributed by atoms with van der Waals surface area (Å²) in [5.74, 6) is -1.48. The minimum atomic E-state index is -1.09. The van der Waals surface area contributed by atoms with Crippen molar-refractivity contribution in [3.63, 3.8) is 0 Å². The van der Waals surface area contributed by atoms with Gasteiger partial charge in [-0.3, -0.25) is 14.5 Å². The van der Waals surface area contributed by atoms with Crippen molar-refractivity contribution in [2.75, 3.05) is 13.1 Å². The van der Waals surface area contributed by atoms with E-state index in [4.69, 9.17) is 4.74 Å². The van der Waals surface area contributed by atoms with Crippen LogP contribution in [0.4, 0.5) is 4.79 Å². The minimum Gasteiger partial charge on any atom is -0.448 e. The molecule has 0 saturated carbocycles. The molecule has 8 heteroatoms. The summed E-state index contributed by atoms with van der Waals surface area (Å²) in [6, 6.07) is 0.912. The molecule has 118 valence electrons. The van der Waals surface area contributed by atoms with Crippen LogP contribution >= 0.6 is 0 Å². The SMILES string of the molecule is CC(=O)c1cc(C(=O)O[C@H](C)C(=O)N2CCNC2=O)n(C)c1. The number of ether oxygens (including phenoxy) is 1. The number of Topliss-reactive ketones (excluding diaryl/α,β-unsaturated/α-hetero) is 1. The predicted molar refractivity (Wildman–Crippen MR) is 75.4 cm³/mol. The number of carbonyl (C=O) groups excluding carboxylic acids is 4. The van der Waals surface area contributed by atoms with E-state index in [1.165, 1.54) is 30.7 Å². The van der Waals surface area contributed by atoms with Gasteiger partial charge < -0.3 is 14.6 Å². The van der Waals surface area contributed by atoms with Gasteiger partial charge in [0.2, 0.25) is 0 Å². The van der Waals surface area contributed by atoms with Gasteiger partial charge in [-0.1, -0.05) is 0 Å². The van der Waals surface area contributed by atoms with Crippen molar-refractivity contribution < 1.29 is 23.9 Å². The van der Waals surface area contributed by atoms with Gasteiger partial charge in [-0.15, -0.1) is 0 Å². The van der Waals surface area contributed by atoms with E-state index >= 15 is 0 Å². The number of esters is 1. The molecule has 0 radical (unpaired) electrons. The van der Waals surface area contributed by atoms with E-state index in [0.717, 1.165) is 4.90 Å². The highest BCUT2D eigenvalue weighted by atomic mass is 16.5. The lowest BCUT2D eigenvalue weighted by molar-refractivity contribution is -0.136. The van der Waals surface area contributed by atoms with Gasteiger partial charge in [0.05, 0.1) is 0 Å². The molecule has 1 fully saturated rings. The minimum absolute atomic E-state index is 0.163. The molecule has 2 heterocycles. The van der Waals surface area contributed by atoms with Crippen molar-refractivity contribution in [3.8, 4) is 0 Å². The van der Waals surface area contributed by atoms with E-state index in [1.807, 2.05) is 0 Å². The molecule has 8 nitrogen and oxygen atoms in total. The maximum Gasteiger partial charge on any atom is 0.355 e. The van der Waals surface area contributed by atoms with E-state index in [1.54, 1.807) is 7.05 Å². The van der Waals surface area contributed by atoms with Gasteiger partial charge >= 0.3 is 12.0 Å². The molecular formula is C14H17N3O5. The van der Waals surface area contributed by atoms with Crippen LogP contribution in [0.25, 0.3) is 0 Å². The molecule has 1 aromatic rings. The summed E-state index contributed by atoms with van der Waals surface area (Å²) in [7, 11) is 1.60. The van der Waals surface area contributed by atoms with Crippen LogP contribution in [0.1, 0.15) is 34.7 Å². The fourth-order valence-electron chi connectivity index (χ4n) is 2.13. The van der Waals surface area contributed by atoms with Crippen LogP contribution in [0, 0.1) is 0 Å². The Balaban J connectivity index is 2.06. The first-order chi connectivity index (χ1) is 10.3. The Morgan fingerprint density at radius 2 is 2.05 bits per heavy atom. The number of nitrogens with one attached hydrogen (secondary N) is 1. The Hall–Kier alpha value is -2.64. The molecule has 0 spiro atoms. The van der Waals surface area contributed by atoms with Crippen LogP contribution in [0.15, 0.2) is 12.3 Å². The molecule has 1 aromatic heterocycles. The van der Waals surface area contributed by atoms with Gasteiger partial charge in [-0.2, -0.15) is 0 Å². The summed E-state index contributed by atoms with van der Waals surface area (Å²) < 4.78 is 6.55. The highest BCUT2D eigenvalue weighted by Gasteiger charge is 2.32. The maximum absolute atomic E-state index is 12.1. The standard InChI is InChI=1S/C14H17N3O5/c1-8(18)10-6-11(16(3)7-10)13(20)22-9(2)12(19)17-5-4-15-14(17)21/h6-7,9H,4-5H2,1-3H3,(H,15,21)/t9-/m1/s1. The van der Waals surface area contributed by atoms with Crippen molar-refractivity contribution >= 4 is 23.7 Å². The number of aryl methyl sites for hydroxylation is 1. The fraction of sp³-hybridized carbons (Fsp3) is 0.429. The van der Waals surface area contributed by atoms with Gasteiger partial charge in [0.1, 0.15) is 5.69 Å². The third-order valence-corrected chi connectivity index (χ3v) is 3.38. The summed E-state index contributed by atoms with van der Waals surface area (Å²) in [6.07, 6.45) is 0.423. The van der Waals surface area contributed by atoms with Crippen LogP contribution in [-0.2, 0) is 16.6 Å². The molecule has 1 atom stereocenters. The number of urea groups is 1. The number of amides is 3. The lowest BCUT2D eigenvalue weighted by atomic mass is 10.2. The molecule has 3 amide bonds. The van der Waals surface area contributed by atoms with Gasteiger partial charge in [-0.05, 0) is 19.9 Å². The third kappa shape index (κ3) is 3.00. The summed E-state index contributed by atoms with van der Waals surface area (Å²) in [5.41, 5.74) is 0.545. The van der Waals surface area contributed by atoms with E-state index in [2.05, 4.69) is 5.32 Å². The fourth-order valence-corrected chi connectivity index (χ4v) is 2.13. The van der Waals surface area contributed by atoms with E-state index in [-0.39, 0.29) is 18.0 Å². The number of hydrogen-bond acceptors (Lipinski definition) is 5. The number of rotatable bonds is 4. The van der Waals surface area contributed by atoms with Crippen molar-refractivity contribution in [1.29, 1.82) is 0 Å². The summed E-state index contributed by atoms with van der Waals surface area (Å²) in [6.45, 7) is 3.42. The number of carbonyl (C=O) groups is 4. The molecule has 1 aliphatic rings. The molecule has 1 saturated heterocycles. The quantitative estimate of drug-likeness (QED) is 0.638. The van der Waals surface area contributed by atoms with Gasteiger partial charge in [-0.25, -0.2) is 9.59 Å². The molecule has 0 aliphatic carbocycles. The number of imide groups is 1. The number of ketones is 1. The lowest BCUT2D eigenvalue weighted by Crippen LogP contribution is -2.41. The van der Waals surface area contributed by atoms with Crippen LogP contribution in [0.2, 0.25) is 0 Å². The van der Waals surface area contributed by atoms with Crippen LogP contribution in [0.3, 0.4) is 0 Å². The zero-order valence-electron chi connectivity index (χ0n) is 12.6. The highest BCUT2D eigenvalue weighted by molar-refractivity contribution is 6.00. The first-order valence-electron chi connectivity index (χ1n) is 6.78. The Kier molecular flexibility index (Phi) is 4.30. The van der Waals surface area contributed by atoms with Gasteiger partial charge in [0.25, 0.3) is 5.91 Å². The van der Waals surface area contributed by atoms with Crippen molar-refractivity contribution in [3.05, 3.63) is 23.5 Å². The number of hydrogen-bond donors (Lipinski definition) is 1. The van der Waals surface area contributed by atoms with E-state index in [0.29, 0.717) is 12.1 Å². The molecule has 0 bridgehead atoms. The second-order valence-corrected chi connectivity index (χ2v) is 5.05. The predicted octanol–water partition coefficient (Wildman–Crippen LogP) is 0.325. The third-order valence-electron chi connectivity index (χ3n) is 3.38. The average Bonchev–Trinajstić information content (AvgIpc) is 3.03. The summed E-state index contributed by atoms with van der Waals surface area (Å²) in [5, 5.41) is 2.50.